The largest absolute Gasteiger partial charge is 0.398 e. The Balaban J connectivity index is 1.71. The summed E-state index contributed by atoms with van der Waals surface area (Å²) in [5.41, 5.74) is 10.6. The third-order valence-electron chi connectivity index (χ3n) is 5.81. The number of aryl methyl sites for hydroxylation is 1. The third-order valence-corrected chi connectivity index (χ3v) is 5.81. The standard InChI is InChI=1S/C25H31N7O/c1-16-10-11-20(26)19(12-16)13-27-22-21-23(31-24(30-22)29-17(2)25(3,4)33)32(15-28-21)14-18-8-6-5-7-9-18/h5-12,15,17,33H,13-14,26H2,1-4H3,(H2,27,29,30,31). The lowest BCUT2D eigenvalue weighted by atomic mass is 10.0. The molecule has 2 aromatic heterocycles. The number of aliphatic hydroxyl groups is 1. The number of rotatable bonds is 8. The molecule has 0 spiro atoms. The smallest absolute Gasteiger partial charge is 0.227 e. The van der Waals surface area contributed by atoms with Crippen molar-refractivity contribution in [2.45, 2.75) is 52.4 Å². The number of hydrogen-bond donors (Lipinski definition) is 4. The van der Waals surface area contributed by atoms with Crippen molar-refractivity contribution in [1.29, 1.82) is 0 Å². The zero-order valence-electron chi connectivity index (χ0n) is 19.5. The molecular weight excluding hydrogens is 414 g/mol. The number of fused-ring (bicyclic) bond motifs is 1. The van der Waals surface area contributed by atoms with Gasteiger partial charge in [0, 0.05) is 12.2 Å². The van der Waals surface area contributed by atoms with Crippen molar-refractivity contribution >= 4 is 28.6 Å². The Labute approximate surface area is 193 Å². The van der Waals surface area contributed by atoms with Crippen LogP contribution in [-0.4, -0.2) is 36.3 Å². The van der Waals surface area contributed by atoms with E-state index in [1.165, 1.54) is 0 Å². The normalized spacial score (nSPS) is 12.6. The molecule has 4 aromatic rings. The van der Waals surface area contributed by atoms with Crippen LogP contribution in [0.1, 0.15) is 37.5 Å². The Kier molecular flexibility index (Phi) is 6.20. The van der Waals surface area contributed by atoms with Gasteiger partial charge in [0.15, 0.2) is 17.0 Å². The number of imidazole rings is 1. The fraction of sp³-hybridized carbons (Fsp3) is 0.320. The van der Waals surface area contributed by atoms with Gasteiger partial charge in [0.1, 0.15) is 0 Å². The van der Waals surface area contributed by atoms with Gasteiger partial charge in [-0.1, -0.05) is 48.0 Å². The second kappa shape index (κ2) is 9.07. The van der Waals surface area contributed by atoms with Crippen LogP contribution in [-0.2, 0) is 13.1 Å². The molecule has 4 rings (SSSR count). The number of nitrogens with one attached hydrogen (secondary N) is 2. The molecular formula is C25H31N7O. The highest BCUT2D eigenvalue weighted by molar-refractivity contribution is 5.84. The molecule has 0 bridgehead atoms. The summed E-state index contributed by atoms with van der Waals surface area (Å²) in [7, 11) is 0. The molecule has 8 nitrogen and oxygen atoms in total. The Morgan fingerprint density at radius 1 is 1.12 bits per heavy atom. The van der Waals surface area contributed by atoms with Crippen LogP contribution in [0.25, 0.3) is 11.2 Å². The maximum absolute atomic E-state index is 10.4. The fourth-order valence-corrected chi connectivity index (χ4v) is 3.46. The molecule has 8 heteroatoms. The lowest BCUT2D eigenvalue weighted by Crippen LogP contribution is -2.39. The SMILES string of the molecule is Cc1ccc(N)c(CNc2nc(NC(C)C(C)(C)O)nc3c2ncn3Cc2ccccc2)c1. The van der Waals surface area contributed by atoms with E-state index in [0.717, 1.165) is 22.4 Å². The first kappa shape index (κ1) is 22.5. The topological polar surface area (TPSA) is 114 Å². The number of hydrogen-bond acceptors (Lipinski definition) is 7. The predicted molar refractivity (Wildman–Crippen MR) is 133 cm³/mol. The Bertz CT molecular complexity index is 1250. The second-order valence-corrected chi connectivity index (χ2v) is 9.00. The minimum Gasteiger partial charge on any atom is -0.398 e. The molecule has 0 fully saturated rings. The second-order valence-electron chi connectivity index (χ2n) is 9.00. The van der Waals surface area contributed by atoms with Gasteiger partial charge in [0.2, 0.25) is 5.95 Å². The molecule has 2 heterocycles. The average Bonchev–Trinajstić information content (AvgIpc) is 3.17. The van der Waals surface area contributed by atoms with E-state index in [0.29, 0.717) is 36.0 Å². The van der Waals surface area contributed by atoms with Crippen LogP contribution in [0.2, 0.25) is 0 Å². The van der Waals surface area contributed by atoms with Crippen molar-refractivity contribution < 1.29 is 5.11 Å². The van der Waals surface area contributed by atoms with Crippen LogP contribution in [0.15, 0.2) is 54.9 Å². The van der Waals surface area contributed by atoms with Gasteiger partial charge in [0.05, 0.1) is 24.5 Å². The molecule has 172 valence electrons. The molecule has 0 amide bonds. The fourth-order valence-electron chi connectivity index (χ4n) is 3.46. The zero-order valence-corrected chi connectivity index (χ0v) is 19.5. The highest BCUT2D eigenvalue weighted by atomic mass is 16.3. The molecule has 0 saturated heterocycles. The molecule has 0 saturated carbocycles. The number of aromatic nitrogens is 4. The van der Waals surface area contributed by atoms with Gasteiger partial charge in [-0.2, -0.15) is 9.97 Å². The molecule has 0 aliphatic rings. The van der Waals surface area contributed by atoms with Crippen molar-refractivity contribution in [3.8, 4) is 0 Å². The molecule has 5 N–H and O–H groups in total. The van der Waals surface area contributed by atoms with Crippen LogP contribution in [0.3, 0.4) is 0 Å². The first-order chi connectivity index (χ1) is 15.7. The van der Waals surface area contributed by atoms with Crippen molar-refractivity contribution in [2.75, 3.05) is 16.4 Å². The van der Waals surface area contributed by atoms with E-state index in [1.54, 1.807) is 20.2 Å². The lowest BCUT2D eigenvalue weighted by molar-refractivity contribution is 0.0646. The number of benzene rings is 2. The van der Waals surface area contributed by atoms with Gasteiger partial charge < -0.3 is 26.0 Å². The van der Waals surface area contributed by atoms with Crippen molar-refractivity contribution in [3.05, 3.63) is 71.5 Å². The predicted octanol–water partition coefficient (Wildman–Crippen LogP) is 3.95. The summed E-state index contributed by atoms with van der Waals surface area (Å²) in [6, 6.07) is 15.9. The highest BCUT2D eigenvalue weighted by Crippen LogP contribution is 2.24. The van der Waals surface area contributed by atoms with Gasteiger partial charge in [-0.15, -0.1) is 0 Å². The maximum atomic E-state index is 10.4. The van der Waals surface area contributed by atoms with Crippen LogP contribution in [0.4, 0.5) is 17.5 Å². The van der Waals surface area contributed by atoms with E-state index in [-0.39, 0.29) is 6.04 Å². The van der Waals surface area contributed by atoms with Gasteiger partial charge in [-0.25, -0.2) is 4.98 Å². The monoisotopic (exact) mass is 445 g/mol. The number of nitrogens with zero attached hydrogens (tertiary/aromatic N) is 4. The molecule has 2 aromatic carbocycles. The Morgan fingerprint density at radius 3 is 2.61 bits per heavy atom. The first-order valence-corrected chi connectivity index (χ1v) is 11.1. The Hall–Kier alpha value is -3.65. The molecule has 33 heavy (non-hydrogen) atoms. The quantitative estimate of drug-likeness (QED) is 0.304. The van der Waals surface area contributed by atoms with Gasteiger partial charge in [-0.05, 0) is 44.9 Å². The van der Waals surface area contributed by atoms with E-state index >= 15 is 0 Å². The minimum atomic E-state index is -0.938. The van der Waals surface area contributed by atoms with Crippen LogP contribution in [0, 0.1) is 6.92 Å². The van der Waals surface area contributed by atoms with Crippen molar-refractivity contribution in [1.82, 2.24) is 19.5 Å². The summed E-state index contributed by atoms with van der Waals surface area (Å²) in [5.74, 6) is 1.03. The van der Waals surface area contributed by atoms with E-state index in [2.05, 4.69) is 38.8 Å². The van der Waals surface area contributed by atoms with Crippen LogP contribution in [0.5, 0.6) is 0 Å². The van der Waals surface area contributed by atoms with E-state index < -0.39 is 5.60 Å². The minimum absolute atomic E-state index is 0.263. The molecule has 1 unspecified atom stereocenters. The first-order valence-electron chi connectivity index (χ1n) is 11.1. The van der Waals surface area contributed by atoms with E-state index in [4.69, 9.17) is 10.7 Å². The van der Waals surface area contributed by atoms with Crippen LogP contribution < -0.4 is 16.4 Å². The summed E-state index contributed by atoms with van der Waals surface area (Å²) >= 11 is 0. The van der Waals surface area contributed by atoms with E-state index in [9.17, 15) is 5.11 Å². The Morgan fingerprint density at radius 2 is 1.88 bits per heavy atom. The average molecular weight is 446 g/mol. The number of anilines is 3. The van der Waals surface area contributed by atoms with Crippen molar-refractivity contribution in [3.63, 3.8) is 0 Å². The number of nitrogen functional groups attached to an aromatic ring is 1. The molecule has 0 aliphatic heterocycles. The van der Waals surface area contributed by atoms with Crippen molar-refractivity contribution in [2.24, 2.45) is 0 Å². The highest BCUT2D eigenvalue weighted by Gasteiger charge is 2.24. The summed E-state index contributed by atoms with van der Waals surface area (Å²) in [6.45, 7) is 8.59. The lowest BCUT2D eigenvalue weighted by Gasteiger charge is -2.26. The maximum Gasteiger partial charge on any atom is 0.227 e. The molecule has 0 aliphatic carbocycles. The van der Waals surface area contributed by atoms with Gasteiger partial charge in [0.25, 0.3) is 0 Å². The van der Waals surface area contributed by atoms with Gasteiger partial charge >= 0.3 is 0 Å². The molecule has 1 atom stereocenters. The van der Waals surface area contributed by atoms with Gasteiger partial charge in [-0.3, -0.25) is 0 Å². The summed E-state index contributed by atoms with van der Waals surface area (Å²) in [6.07, 6.45) is 1.78. The zero-order chi connectivity index (χ0) is 23.6. The molecule has 0 radical (unpaired) electrons. The summed E-state index contributed by atoms with van der Waals surface area (Å²) in [5, 5.41) is 17.0. The number of nitrogens with two attached hydrogens (primary N) is 1. The summed E-state index contributed by atoms with van der Waals surface area (Å²) in [4.78, 5) is 14.0. The van der Waals surface area contributed by atoms with Crippen LogP contribution >= 0.6 is 0 Å². The summed E-state index contributed by atoms with van der Waals surface area (Å²) < 4.78 is 2.00. The third kappa shape index (κ3) is 5.23. The van der Waals surface area contributed by atoms with E-state index in [1.807, 2.05) is 48.7 Å².